The van der Waals surface area contributed by atoms with Crippen LogP contribution >= 0.6 is 0 Å². The Balaban J connectivity index is 1.87. The second kappa shape index (κ2) is 8.07. The fraction of sp³-hybridized carbons (Fsp3) is 0.200. The number of ether oxygens (including phenoxy) is 1. The second-order valence-corrected chi connectivity index (χ2v) is 5.90. The third-order valence-corrected chi connectivity index (χ3v) is 3.77. The number of benzene rings is 2. The topological polar surface area (TPSA) is 47.0 Å². The summed E-state index contributed by atoms with van der Waals surface area (Å²) in [4.78, 5) is 7.70. The average Bonchev–Trinajstić information content (AvgIpc) is 2.64. The SMILES string of the molecule is CCCc1ccc(Nc2ncc(C(F)(F)F)c(Oc3ccccc3)n2)cc1. The highest BCUT2D eigenvalue weighted by molar-refractivity contribution is 5.54. The molecule has 27 heavy (non-hydrogen) atoms. The predicted octanol–water partition coefficient (Wildman–Crippen LogP) is 5.98. The first-order valence-corrected chi connectivity index (χ1v) is 8.49. The van der Waals surface area contributed by atoms with Crippen molar-refractivity contribution < 1.29 is 17.9 Å². The zero-order valence-electron chi connectivity index (χ0n) is 14.6. The molecule has 0 bridgehead atoms. The summed E-state index contributed by atoms with van der Waals surface area (Å²) in [5.74, 6) is -0.262. The van der Waals surface area contributed by atoms with Gasteiger partial charge in [0.1, 0.15) is 11.3 Å². The van der Waals surface area contributed by atoms with Crippen LogP contribution in [0.5, 0.6) is 11.6 Å². The Labute approximate surface area is 155 Å². The van der Waals surface area contributed by atoms with Crippen molar-refractivity contribution in [3.05, 3.63) is 71.9 Å². The van der Waals surface area contributed by atoms with Gasteiger partial charge < -0.3 is 10.1 Å². The number of anilines is 2. The van der Waals surface area contributed by atoms with Gasteiger partial charge in [0, 0.05) is 11.9 Å². The van der Waals surface area contributed by atoms with Crippen LogP contribution in [-0.2, 0) is 12.6 Å². The number of aryl methyl sites for hydroxylation is 1. The van der Waals surface area contributed by atoms with Crippen LogP contribution in [0, 0.1) is 0 Å². The quantitative estimate of drug-likeness (QED) is 0.577. The minimum absolute atomic E-state index is 0.0252. The van der Waals surface area contributed by atoms with E-state index < -0.39 is 17.6 Å². The number of para-hydroxylation sites is 1. The van der Waals surface area contributed by atoms with Gasteiger partial charge in [0.15, 0.2) is 0 Å². The molecule has 2 aromatic carbocycles. The van der Waals surface area contributed by atoms with Crippen molar-refractivity contribution in [2.75, 3.05) is 5.32 Å². The largest absolute Gasteiger partial charge is 0.438 e. The fourth-order valence-electron chi connectivity index (χ4n) is 2.47. The molecule has 0 fully saturated rings. The monoisotopic (exact) mass is 373 g/mol. The molecule has 4 nitrogen and oxygen atoms in total. The Bertz CT molecular complexity index is 881. The van der Waals surface area contributed by atoms with Crippen LogP contribution in [0.2, 0.25) is 0 Å². The van der Waals surface area contributed by atoms with E-state index in [0.29, 0.717) is 5.69 Å². The number of nitrogens with zero attached hydrogens (tertiary/aromatic N) is 2. The van der Waals surface area contributed by atoms with Gasteiger partial charge in [-0.2, -0.15) is 18.2 Å². The second-order valence-electron chi connectivity index (χ2n) is 5.90. The Kier molecular flexibility index (Phi) is 5.59. The minimum Gasteiger partial charge on any atom is -0.438 e. The van der Waals surface area contributed by atoms with Gasteiger partial charge in [-0.15, -0.1) is 0 Å². The summed E-state index contributed by atoms with van der Waals surface area (Å²) >= 11 is 0. The smallest absolute Gasteiger partial charge is 0.423 e. The summed E-state index contributed by atoms with van der Waals surface area (Å²) in [5.41, 5.74) is 0.833. The number of halogens is 3. The zero-order chi connectivity index (χ0) is 19.3. The molecule has 0 unspecified atom stereocenters. The highest BCUT2D eigenvalue weighted by atomic mass is 19.4. The van der Waals surface area contributed by atoms with E-state index in [1.54, 1.807) is 30.3 Å². The van der Waals surface area contributed by atoms with Crippen molar-refractivity contribution in [2.45, 2.75) is 25.9 Å². The number of rotatable bonds is 6. The molecule has 0 spiro atoms. The first-order valence-electron chi connectivity index (χ1n) is 8.49. The molecule has 0 aliphatic heterocycles. The maximum Gasteiger partial charge on any atom is 0.423 e. The molecule has 0 saturated heterocycles. The molecule has 0 aliphatic rings. The van der Waals surface area contributed by atoms with Crippen LogP contribution in [0.25, 0.3) is 0 Å². The molecule has 3 rings (SSSR count). The standard InChI is InChI=1S/C20H18F3N3O/c1-2-6-14-9-11-15(12-10-14)25-19-24-13-17(20(21,22)23)18(26-19)27-16-7-4-3-5-8-16/h3-5,7-13H,2,6H2,1H3,(H,24,25,26). The van der Waals surface area contributed by atoms with Crippen molar-refractivity contribution in [1.29, 1.82) is 0 Å². The molecule has 140 valence electrons. The van der Waals surface area contributed by atoms with Crippen LogP contribution in [-0.4, -0.2) is 9.97 Å². The predicted molar refractivity (Wildman–Crippen MR) is 97.3 cm³/mol. The molecule has 7 heteroatoms. The molecular formula is C20H18F3N3O. The van der Waals surface area contributed by atoms with E-state index in [4.69, 9.17) is 4.74 Å². The molecule has 0 aliphatic carbocycles. The van der Waals surface area contributed by atoms with Crippen LogP contribution in [0.1, 0.15) is 24.5 Å². The lowest BCUT2D eigenvalue weighted by molar-refractivity contribution is -0.139. The molecule has 1 aromatic heterocycles. The normalized spacial score (nSPS) is 11.3. The van der Waals surface area contributed by atoms with Crippen molar-refractivity contribution >= 4 is 11.6 Å². The third kappa shape index (κ3) is 4.97. The van der Waals surface area contributed by atoms with Gasteiger partial charge in [0.05, 0.1) is 0 Å². The van der Waals surface area contributed by atoms with E-state index in [2.05, 4.69) is 22.2 Å². The van der Waals surface area contributed by atoms with Gasteiger partial charge in [-0.1, -0.05) is 43.7 Å². The van der Waals surface area contributed by atoms with E-state index >= 15 is 0 Å². The van der Waals surface area contributed by atoms with E-state index in [0.717, 1.165) is 19.0 Å². The van der Waals surface area contributed by atoms with Gasteiger partial charge in [0.25, 0.3) is 0 Å². The molecular weight excluding hydrogens is 355 g/mol. The molecule has 0 amide bonds. The van der Waals surface area contributed by atoms with Gasteiger partial charge >= 0.3 is 6.18 Å². The third-order valence-electron chi connectivity index (χ3n) is 3.77. The lowest BCUT2D eigenvalue weighted by Crippen LogP contribution is -2.11. The van der Waals surface area contributed by atoms with Crippen LogP contribution in [0.3, 0.4) is 0 Å². The average molecular weight is 373 g/mol. The van der Waals surface area contributed by atoms with E-state index in [1.165, 1.54) is 5.56 Å². The molecule has 0 atom stereocenters. The summed E-state index contributed by atoms with van der Waals surface area (Å²) in [6.07, 6.45) is -1.90. The minimum atomic E-state index is -4.62. The summed E-state index contributed by atoms with van der Waals surface area (Å²) in [6, 6.07) is 15.8. The van der Waals surface area contributed by atoms with Gasteiger partial charge in [-0.05, 0) is 36.2 Å². The maximum atomic E-state index is 13.2. The Morgan fingerprint density at radius 3 is 2.33 bits per heavy atom. The van der Waals surface area contributed by atoms with Crippen molar-refractivity contribution in [3.63, 3.8) is 0 Å². The highest BCUT2D eigenvalue weighted by Crippen LogP contribution is 2.37. The Morgan fingerprint density at radius 2 is 1.70 bits per heavy atom. The maximum absolute atomic E-state index is 13.2. The van der Waals surface area contributed by atoms with Crippen LogP contribution in [0.4, 0.5) is 24.8 Å². The summed E-state index contributed by atoms with van der Waals surface area (Å²) in [5, 5.41) is 2.91. The summed E-state index contributed by atoms with van der Waals surface area (Å²) in [7, 11) is 0. The van der Waals surface area contributed by atoms with Gasteiger partial charge in [-0.3, -0.25) is 0 Å². The number of alkyl halides is 3. The summed E-state index contributed by atoms with van der Waals surface area (Å²) in [6.45, 7) is 2.09. The number of aromatic nitrogens is 2. The van der Waals surface area contributed by atoms with Crippen molar-refractivity contribution in [1.82, 2.24) is 9.97 Å². The zero-order valence-corrected chi connectivity index (χ0v) is 14.6. The molecule has 1 heterocycles. The molecule has 3 aromatic rings. The molecule has 0 saturated carbocycles. The van der Waals surface area contributed by atoms with Crippen molar-refractivity contribution in [3.8, 4) is 11.6 Å². The van der Waals surface area contributed by atoms with Crippen LogP contribution < -0.4 is 10.1 Å². The molecule has 1 N–H and O–H groups in total. The fourth-order valence-corrected chi connectivity index (χ4v) is 2.47. The lowest BCUT2D eigenvalue weighted by atomic mass is 10.1. The first-order chi connectivity index (χ1) is 13.0. The Hall–Kier alpha value is -3.09. The lowest BCUT2D eigenvalue weighted by Gasteiger charge is -2.14. The number of nitrogens with one attached hydrogen (secondary N) is 1. The highest BCUT2D eigenvalue weighted by Gasteiger charge is 2.36. The van der Waals surface area contributed by atoms with Crippen LogP contribution in [0.15, 0.2) is 60.8 Å². The number of hydrogen-bond donors (Lipinski definition) is 1. The van der Waals surface area contributed by atoms with E-state index in [1.807, 2.05) is 24.3 Å². The molecule has 0 radical (unpaired) electrons. The van der Waals surface area contributed by atoms with Gasteiger partial charge in [-0.25, -0.2) is 4.98 Å². The van der Waals surface area contributed by atoms with Gasteiger partial charge in [0.2, 0.25) is 11.8 Å². The van der Waals surface area contributed by atoms with Crippen molar-refractivity contribution in [2.24, 2.45) is 0 Å². The summed E-state index contributed by atoms with van der Waals surface area (Å²) < 4.78 is 45.1. The van der Waals surface area contributed by atoms with E-state index in [-0.39, 0.29) is 11.7 Å². The first kappa shape index (κ1) is 18.7. The van der Waals surface area contributed by atoms with E-state index in [9.17, 15) is 13.2 Å². The Morgan fingerprint density at radius 1 is 1.00 bits per heavy atom. The number of hydrogen-bond acceptors (Lipinski definition) is 4.